The van der Waals surface area contributed by atoms with Crippen LogP contribution in [-0.2, 0) is 9.22 Å². The lowest BCUT2D eigenvalue weighted by atomic mass is 10.0. The normalized spacial score (nSPS) is 24.6. The molecule has 0 radical (unpaired) electrons. The molecule has 1 aliphatic rings. The molecule has 1 aromatic heterocycles. The molecule has 1 saturated heterocycles. The summed E-state index contributed by atoms with van der Waals surface area (Å²) in [5.41, 5.74) is 0. The minimum Gasteiger partial charge on any atom is -0.467 e. The van der Waals surface area contributed by atoms with Crippen molar-refractivity contribution in [3.63, 3.8) is 0 Å². The zero-order valence-corrected chi connectivity index (χ0v) is 12.6. The van der Waals surface area contributed by atoms with Gasteiger partial charge in [0.05, 0.1) is 6.26 Å². The number of nitrogens with one attached hydrogen (secondary N) is 1. The van der Waals surface area contributed by atoms with Crippen LogP contribution >= 0.6 is 0 Å². The first-order valence-corrected chi connectivity index (χ1v) is 9.15. The number of furan rings is 1. The van der Waals surface area contributed by atoms with Gasteiger partial charge in [-0.1, -0.05) is 20.8 Å². The van der Waals surface area contributed by atoms with E-state index in [-0.39, 0.29) is 17.0 Å². The molecule has 1 aliphatic heterocycles. The monoisotopic (exact) mass is 267 g/mol. The first kappa shape index (κ1) is 13.4. The van der Waals surface area contributed by atoms with E-state index in [1.807, 2.05) is 12.1 Å². The van der Waals surface area contributed by atoms with Crippen LogP contribution in [0.25, 0.3) is 0 Å². The third kappa shape index (κ3) is 2.24. The fraction of sp³-hybridized carbons (Fsp3) is 0.615. The number of carbonyl (C=O) groups is 1. The molecule has 4 nitrogen and oxygen atoms in total. The van der Waals surface area contributed by atoms with Crippen molar-refractivity contribution < 1.29 is 13.6 Å². The van der Waals surface area contributed by atoms with Gasteiger partial charge in [0, 0.05) is 0 Å². The summed E-state index contributed by atoms with van der Waals surface area (Å²) in [4.78, 5) is 11.7. The van der Waals surface area contributed by atoms with Gasteiger partial charge >= 0.3 is 0 Å². The van der Waals surface area contributed by atoms with Crippen molar-refractivity contribution in [3.8, 4) is 0 Å². The van der Waals surface area contributed by atoms with Crippen molar-refractivity contribution >= 4 is 14.2 Å². The number of amides is 1. The van der Waals surface area contributed by atoms with Crippen LogP contribution < -0.4 is 5.32 Å². The van der Waals surface area contributed by atoms with E-state index in [4.69, 9.17) is 8.84 Å². The molecule has 1 N–H and O–H groups in total. The first-order chi connectivity index (χ1) is 8.22. The molecule has 2 rings (SSSR count). The van der Waals surface area contributed by atoms with Crippen molar-refractivity contribution in [1.82, 2.24) is 5.32 Å². The topological polar surface area (TPSA) is 51.5 Å². The average molecular weight is 267 g/mol. The van der Waals surface area contributed by atoms with Crippen LogP contribution in [0.15, 0.2) is 22.8 Å². The zero-order chi connectivity index (χ0) is 13.6. The second-order valence-electron chi connectivity index (χ2n) is 6.30. The van der Waals surface area contributed by atoms with Crippen molar-refractivity contribution in [3.05, 3.63) is 24.2 Å². The lowest BCUT2D eigenvalue weighted by molar-refractivity contribution is -0.142. The van der Waals surface area contributed by atoms with E-state index in [1.54, 1.807) is 6.26 Å². The van der Waals surface area contributed by atoms with Gasteiger partial charge in [0.25, 0.3) is 5.91 Å². The molecule has 2 heterocycles. The van der Waals surface area contributed by atoms with Gasteiger partial charge in [-0.25, -0.2) is 0 Å². The maximum atomic E-state index is 11.7. The van der Waals surface area contributed by atoms with Gasteiger partial charge in [0.1, 0.15) is 11.8 Å². The highest BCUT2D eigenvalue weighted by molar-refractivity contribution is 6.74. The summed E-state index contributed by atoms with van der Waals surface area (Å²) in [5.74, 6) is 0.722. The molecule has 0 bridgehead atoms. The van der Waals surface area contributed by atoms with Crippen LogP contribution in [0.4, 0.5) is 0 Å². The number of β-lactam (4-membered cyclic amide) rings is 1. The van der Waals surface area contributed by atoms with E-state index in [9.17, 15) is 4.79 Å². The Morgan fingerprint density at radius 2 is 2.06 bits per heavy atom. The summed E-state index contributed by atoms with van der Waals surface area (Å²) < 4.78 is 11.5. The Labute approximate surface area is 109 Å². The van der Waals surface area contributed by atoms with E-state index < -0.39 is 14.4 Å². The van der Waals surface area contributed by atoms with Gasteiger partial charge in [-0.05, 0) is 30.3 Å². The molecule has 18 heavy (non-hydrogen) atoms. The van der Waals surface area contributed by atoms with Crippen LogP contribution in [0.1, 0.15) is 32.6 Å². The minimum absolute atomic E-state index is 0.0405. The summed E-state index contributed by atoms with van der Waals surface area (Å²) in [6, 6.07) is 3.55. The van der Waals surface area contributed by atoms with Gasteiger partial charge in [-0.2, -0.15) is 0 Å². The number of hydrogen-bond acceptors (Lipinski definition) is 3. The third-order valence-electron chi connectivity index (χ3n) is 3.94. The Morgan fingerprint density at radius 3 is 2.50 bits per heavy atom. The van der Waals surface area contributed by atoms with Gasteiger partial charge in [-0.3, -0.25) is 4.79 Å². The average Bonchev–Trinajstić information content (AvgIpc) is 2.74. The Kier molecular flexibility index (Phi) is 3.15. The predicted octanol–water partition coefficient (Wildman–Crippen LogP) is 2.84. The molecular weight excluding hydrogens is 246 g/mol. The van der Waals surface area contributed by atoms with Gasteiger partial charge in [0.2, 0.25) is 0 Å². The molecule has 0 aliphatic carbocycles. The van der Waals surface area contributed by atoms with Crippen LogP contribution in [0.2, 0.25) is 18.1 Å². The lowest BCUT2D eigenvalue weighted by Crippen LogP contribution is -2.61. The van der Waals surface area contributed by atoms with Crippen LogP contribution in [0.5, 0.6) is 0 Å². The molecule has 5 heteroatoms. The second kappa shape index (κ2) is 4.24. The molecule has 1 aromatic rings. The van der Waals surface area contributed by atoms with E-state index in [0.717, 1.165) is 5.76 Å². The summed E-state index contributed by atoms with van der Waals surface area (Å²) in [6.45, 7) is 10.8. The summed E-state index contributed by atoms with van der Waals surface area (Å²) in [7, 11) is -1.94. The minimum atomic E-state index is -1.94. The standard InChI is InChI=1S/C13H21NO3Si/c1-13(2,3)18(4,5)17-11-10(14-12(11)15)9-7-6-8-16-9/h6-8,10-11H,1-5H3,(H,14,15)/t10-,11+/m1/s1. The van der Waals surface area contributed by atoms with Gasteiger partial charge < -0.3 is 14.2 Å². The Bertz CT molecular complexity index is 434. The van der Waals surface area contributed by atoms with Gasteiger partial charge in [-0.15, -0.1) is 0 Å². The molecule has 2 atom stereocenters. The Balaban J connectivity index is 2.11. The SMILES string of the molecule is CC(C)(C)[Si](C)(C)O[C@@H]1C(=O)N[C@@H]1c1ccco1. The largest absolute Gasteiger partial charge is 0.467 e. The van der Waals surface area contributed by atoms with Crippen LogP contribution in [-0.4, -0.2) is 20.3 Å². The number of rotatable bonds is 3. The molecular formula is C13H21NO3Si. The fourth-order valence-corrected chi connectivity index (χ4v) is 2.90. The van der Waals surface area contributed by atoms with Crippen molar-refractivity contribution in [2.75, 3.05) is 0 Å². The van der Waals surface area contributed by atoms with Crippen molar-refractivity contribution in [1.29, 1.82) is 0 Å². The van der Waals surface area contributed by atoms with E-state index in [1.165, 1.54) is 0 Å². The summed E-state index contributed by atoms with van der Waals surface area (Å²) in [6.07, 6.45) is 1.21. The first-order valence-electron chi connectivity index (χ1n) is 6.24. The third-order valence-corrected chi connectivity index (χ3v) is 8.39. The molecule has 1 fully saturated rings. The molecule has 0 aromatic carbocycles. The highest BCUT2D eigenvalue weighted by Crippen LogP contribution is 2.40. The quantitative estimate of drug-likeness (QED) is 0.677. The molecule has 0 spiro atoms. The van der Waals surface area contributed by atoms with Crippen molar-refractivity contribution in [2.45, 2.75) is 51.0 Å². The highest BCUT2D eigenvalue weighted by atomic mass is 28.4. The molecule has 0 unspecified atom stereocenters. The van der Waals surface area contributed by atoms with E-state index in [0.29, 0.717) is 0 Å². The van der Waals surface area contributed by atoms with Gasteiger partial charge in [0.15, 0.2) is 14.4 Å². The van der Waals surface area contributed by atoms with Crippen LogP contribution in [0, 0.1) is 0 Å². The summed E-state index contributed by atoms with van der Waals surface area (Å²) >= 11 is 0. The molecule has 0 saturated carbocycles. The Morgan fingerprint density at radius 1 is 1.39 bits per heavy atom. The molecule has 100 valence electrons. The zero-order valence-electron chi connectivity index (χ0n) is 11.6. The number of carbonyl (C=O) groups excluding carboxylic acids is 1. The number of hydrogen-bond donors (Lipinski definition) is 1. The smallest absolute Gasteiger partial charge is 0.251 e. The lowest BCUT2D eigenvalue weighted by Gasteiger charge is -2.44. The maximum Gasteiger partial charge on any atom is 0.251 e. The molecule has 1 amide bonds. The van der Waals surface area contributed by atoms with E-state index in [2.05, 4.69) is 39.2 Å². The van der Waals surface area contributed by atoms with Crippen LogP contribution in [0.3, 0.4) is 0 Å². The Hall–Kier alpha value is -1.07. The summed E-state index contributed by atoms with van der Waals surface area (Å²) in [5, 5.41) is 2.93. The van der Waals surface area contributed by atoms with Crippen molar-refractivity contribution in [2.24, 2.45) is 0 Å². The van der Waals surface area contributed by atoms with E-state index >= 15 is 0 Å². The maximum absolute atomic E-state index is 11.7. The highest BCUT2D eigenvalue weighted by Gasteiger charge is 2.49. The fourth-order valence-electron chi connectivity index (χ4n) is 1.67. The predicted molar refractivity (Wildman–Crippen MR) is 71.7 cm³/mol. The second-order valence-corrected chi connectivity index (χ2v) is 11.1.